The molecule has 3 amide bonds. The molecule has 1 aromatic heterocycles. The van der Waals surface area contributed by atoms with E-state index in [1.807, 2.05) is 92.0 Å². The highest BCUT2D eigenvalue weighted by molar-refractivity contribution is 6.05. The van der Waals surface area contributed by atoms with Crippen LogP contribution in [0.4, 0.5) is 0 Å². The zero-order valence-electron chi connectivity index (χ0n) is 26.3. The van der Waals surface area contributed by atoms with Crippen molar-refractivity contribution >= 4 is 40.5 Å². The third kappa shape index (κ3) is 8.17. The number of fused-ring (bicyclic) bond motifs is 2. The summed E-state index contributed by atoms with van der Waals surface area (Å²) in [6.45, 7) is 6.54. The molecule has 2 heterocycles. The van der Waals surface area contributed by atoms with E-state index in [4.69, 9.17) is 4.74 Å². The summed E-state index contributed by atoms with van der Waals surface area (Å²) in [4.78, 5) is 55.1. The lowest BCUT2D eigenvalue weighted by atomic mass is 10.0. The van der Waals surface area contributed by atoms with Gasteiger partial charge in [-0.1, -0.05) is 72.8 Å². The molecule has 0 bridgehead atoms. The highest BCUT2D eigenvalue weighted by Gasteiger charge is 2.29. The number of allylic oxidation sites excluding steroid dienone is 1. The molecule has 4 N–H and O–H groups in total. The average molecular weight is 621 g/mol. The standard InChI is InChI=1S/C34H34N4O4.C3H6O/c1-21-27-13-7-6-12-24(27)17-29(21)33(41)36-22(2)32(40)38-31(18-25-19-35-30-15-9-8-14-28(25)30)34(42)37-26(20-39)16-23-10-4-3-5-11-23;1-3-2-4-3/h3-15,19-20,22,26,31,35H,16-18H2,1-2H3,(H,36,41)(H,37,42)(H,38,40);3H,2H2,1H3/t22?,26-,31?;/m0./s1. The lowest BCUT2D eigenvalue weighted by molar-refractivity contribution is -0.131. The van der Waals surface area contributed by atoms with E-state index in [1.165, 1.54) is 0 Å². The number of carbonyl (C=O) groups excluding carboxylic acids is 4. The zero-order chi connectivity index (χ0) is 32.6. The third-order valence-electron chi connectivity index (χ3n) is 8.28. The van der Waals surface area contributed by atoms with Gasteiger partial charge >= 0.3 is 0 Å². The number of H-pyrrole nitrogens is 1. The van der Waals surface area contributed by atoms with E-state index in [0.717, 1.165) is 45.3 Å². The van der Waals surface area contributed by atoms with Gasteiger partial charge in [0.15, 0.2) is 0 Å². The molecular formula is C37H40N4O5. The Hall–Kier alpha value is -5.02. The van der Waals surface area contributed by atoms with Gasteiger partial charge < -0.3 is 30.5 Å². The predicted octanol–water partition coefficient (Wildman–Crippen LogP) is 4.06. The Morgan fingerprint density at radius 1 is 0.913 bits per heavy atom. The molecular weight excluding hydrogens is 580 g/mol. The first-order valence-electron chi connectivity index (χ1n) is 15.6. The van der Waals surface area contributed by atoms with Crippen LogP contribution in [0.25, 0.3) is 16.5 Å². The number of nitrogens with one attached hydrogen (secondary N) is 4. The van der Waals surface area contributed by atoms with Crippen molar-refractivity contribution < 1.29 is 23.9 Å². The zero-order valence-corrected chi connectivity index (χ0v) is 26.3. The molecule has 238 valence electrons. The summed E-state index contributed by atoms with van der Waals surface area (Å²) < 4.78 is 4.71. The van der Waals surface area contributed by atoms with Gasteiger partial charge in [-0.25, -0.2) is 0 Å². The topological polar surface area (TPSA) is 133 Å². The van der Waals surface area contributed by atoms with Gasteiger partial charge in [0.05, 0.1) is 18.8 Å². The summed E-state index contributed by atoms with van der Waals surface area (Å²) in [6.07, 6.45) is 4.12. The lowest BCUT2D eigenvalue weighted by Gasteiger charge is -2.23. The van der Waals surface area contributed by atoms with Gasteiger partial charge in [-0.3, -0.25) is 14.4 Å². The number of aromatic amines is 1. The van der Waals surface area contributed by atoms with E-state index in [-0.39, 0.29) is 12.3 Å². The van der Waals surface area contributed by atoms with Crippen LogP contribution in [0, 0.1) is 0 Å². The molecule has 0 spiro atoms. The Kier molecular flexibility index (Phi) is 10.4. The van der Waals surface area contributed by atoms with Crippen LogP contribution < -0.4 is 16.0 Å². The van der Waals surface area contributed by atoms with Crippen molar-refractivity contribution in [2.24, 2.45) is 0 Å². The molecule has 1 aliphatic heterocycles. The average Bonchev–Trinajstić information content (AvgIpc) is 3.63. The monoisotopic (exact) mass is 620 g/mol. The molecule has 6 rings (SSSR count). The molecule has 46 heavy (non-hydrogen) atoms. The predicted molar refractivity (Wildman–Crippen MR) is 178 cm³/mol. The van der Waals surface area contributed by atoms with Crippen molar-refractivity contribution in [1.82, 2.24) is 20.9 Å². The second kappa shape index (κ2) is 14.8. The van der Waals surface area contributed by atoms with Gasteiger partial charge in [-0.05, 0) is 61.1 Å². The second-order valence-electron chi connectivity index (χ2n) is 11.8. The van der Waals surface area contributed by atoms with Crippen LogP contribution in [0.15, 0.2) is 90.6 Å². The largest absolute Gasteiger partial charge is 0.373 e. The lowest BCUT2D eigenvalue weighted by Crippen LogP contribution is -2.55. The molecule has 1 aliphatic carbocycles. The number of rotatable bonds is 11. The summed E-state index contributed by atoms with van der Waals surface area (Å²) in [5, 5.41) is 9.36. The van der Waals surface area contributed by atoms with Crippen LogP contribution in [-0.2, 0) is 43.2 Å². The maximum Gasteiger partial charge on any atom is 0.248 e. The Balaban J connectivity index is 0.000000966. The van der Waals surface area contributed by atoms with E-state index < -0.39 is 29.9 Å². The minimum absolute atomic E-state index is 0.193. The van der Waals surface area contributed by atoms with E-state index in [1.54, 1.807) is 6.92 Å². The minimum atomic E-state index is -0.981. The molecule has 9 heteroatoms. The second-order valence-corrected chi connectivity index (χ2v) is 11.8. The smallest absolute Gasteiger partial charge is 0.248 e. The van der Waals surface area contributed by atoms with Crippen LogP contribution in [0.3, 0.4) is 0 Å². The van der Waals surface area contributed by atoms with Gasteiger partial charge in [0.2, 0.25) is 17.7 Å². The van der Waals surface area contributed by atoms with Crippen molar-refractivity contribution in [2.45, 2.75) is 64.3 Å². The van der Waals surface area contributed by atoms with Gasteiger partial charge in [0.25, 0.3) is 0 Å². The van der Waals surface area contributed by atoms with Gasteiger partial charge in [-0.15, -0.1) is 0 Å². The summed E-state index contributed by atoms with van der Waals surface area (Å²) in [5.41, 5.74) is 6.29. The first-order valence-corrected chi connectivity index (χ1v) is 15.6. The molecule has 3 aromatic carbocycles. The van der Waals surface area contributed by atoms with Gasteiger partial charge in [-0.2, -0.15) is 0 Å². The maximum absolute atomic E-state index is 13.5. The summed E-state index contributed by atoms with van der Waals surface area (Å²) >= 11 is 0. The summed E-state index contributed by atoms with van der Waals surface area (Å²) in [7, 11) is 0. The molecule has 3 unspecified atom stereocenters. The minimum Gasteiger partial charge on any atom is -0.373 e. The van der Waals surface area contributed by atoms with E-state index in [0.29, 0.717) is 30.8 Å². The quantitative estimate of drug-likeness (QED) is 0.148. The van der Waals surface area contributed by atoms with Gasteiger partial charge in [0.1, 0.15) is 18.4 Å². The first kappa shape index (κ1) is 32.4. The molecule has 2 aliphatic rings. The van der Waals surface area contributed by atoms with Crippen molar-refractivity contribution in [3.05, 3.63) is 113 Å². The highest BCUT2D eigenvalue weighted by atomic mass is 16.6. The number of benzene rings is 3. The fraction of sp³-hybridized carbons (Fsp3) is 0.297. The number of aldehydes is 1. The Morgan fingerprint density at radius 2 is 1.59 bits per heavy atom. The van der Waals surface area contributed by atoms with Crippen molar-refractivity contribution in [3.8, 4) is 0 Å². The number of carbonyl (C=O) groups is 4. The van der Waals surface area contributed by atoms with Crippen molar-refractivity contribution in [3.63, 3.8) is 0 Å². The summed E-state index contributed by atoms with van der Waals surface area (Å²) in [6, 6.07) is 22.3. The number of hydrogen-bond donors (Lipinski definition) is 4. The summed E-state index contributed by atoms with van der Waals surface area (Å²) in [5.74, 6) is -1.29. The first-order chi connectivity index (χ1) is 22.2. The molecule has 4 atom stereocenters. The number of amides is 3. The van der Waals surface area contributed by atoms with Crippen LogP contribution in [0.1, 0.15) is 43.0 Å². The number of hydrogen-bond acceptors (Lipinski definition) is 5. The Labute approximate surface area is 268 Å². The fourth-order valence-corrected chi connectivity index (χ4v) is 5.53. The molecule has 0 radical (unpaired) electrons. The number of ether oxygens (including phenoxy) is 1. The molecule has 0 saturated carbocycles. The molecule has 9 nitrogen and oxygen atoms in total. The van der Waals surface area contributed by atoms with Crippen LogP contribution in [-0.4, -0.2) is 59.8 Å². The Bertz CT molecular complexity index is 1740. The SMILES string of the molecule is CC1=C(C(=O)NC(C)C(=O)NC(Cc2c[nH]c3ccccc23)C(=O)N[C@H](C=O)Cc2ccccc2)Cc2ccccc21.CC1CO1. The van der Waals surface area contributed by atoms with Crippen LogP contribution in [0.2, 0.25) is 0 Å². The molecule has 1 saturated heterocycles. The molecule has 4 aromatic rings. The van der Waals surface area contributed by atoms with Crippen LogP contribution in [0.5, 0.6) is 0 Å². The highest BCUT2D eigenvalue weighted by Crippen LogP contribution is 2.32. The third-order valence-corrected chi connectivity index (χ3v) is 8.28. The van der Waals surface area contributed by atoms with E-state index in [2.05, 4.69) is 27.9 Å². The fourth-order valence-electron chi connectivity index (χ4n) is 5.53. The molecule has 1 fully saturated rings. The normalized spacial score (nSPS) is 16.7. The number of aromatic nitrogens is 1. The van der Waals surface area contributed by atoms with Crippen LogP contribution >= 0.6 is 0 Å². The van der Waals surface area contributed by atoms with Gasteiger partial charge in [0, 0.05) is 35.5 Å². The van der Waals surface area contributed by atoms with E-state index in [9.17, 15) is 19.2 Å². The Morgan fingerprint density at radius 3 is 2.28 bits per heavy atom. The number of epoxide rings is 1. The maximum atomic E-state index is 13.5. The number of para-hydroxylation sites is 1. The van der Waals surface area contributed by atoms with Crippen molar-refractivity contribution in [2.75, 3.05) is 6.61 Å². The van der Waals surface area contributed by atoms with E-state index >= 15 is 0 Å². The van der Waals surface area contributed by atoms with Crippen molar-refractivity contribution in [1.29, 1.82) is 0 Å².